The summed E-state index contributed by atoms with van der Waals surface area (Å²) in [6.45, 7) is 0.416. The Labute approximate surface area is 109 Å². The van der Waals surface area contributed by atoms with Crippen LogP contribution in [0.2, 0.25) is 0 Å². The molecule has 3 rings (SSSR count). The molecule has 1 aromatic heterocycles. The highest BCUT2D eigenvalue weighted by molar-refractivity contribution is 7.99. The first-order chi connectivity index (χ1) is 8.88. The molecule has 0 spiro atoms. The van der Waals surface area contributed by atoms with E-state index in [1.165, 1.54) is 0 Å². The maximum absolute atomic E-state index is 5.09. The third-order valence-electron chi connectivity index (χ3n) is 2.62. The van der Waals surface area contributed by atoms with Gasteiger partial charge < -0.3 is 4.74 Å². The van der Waals surface area contributed by atoms with E-state index in [4.69, 9.17) is 4.74 Å². The van der Waals surface area contributed by atoms with Crippen LogP contribution >= 0.6 is 11.8 Å². The molecule has 0 aliphatic carbocycles. The minimum atomic E-state index is 0.416. The molecular weight excluding hydrogens is 248 g/mol. The third kappa shape index (κ3) is 2.04. The second kappa shape index (κ2) is 4.91. The number of aromatic nitrogens is 3. The van der Waals surface area contributed by atoms with E-state index in [1.54, 1.807) is 23.5 Å². The predicted molar refractivity (Wildman–Crippen MR) is 69.8 cm³/mol. The van der Waals surface area contributed by atoms with Crippen molar-refractivity contribution >= 4 is 17.5 Å². The number of hydrogen-bond donors (Lipinski definition) is 0. The van der Waals surface area contributed by atoms with E-state index in [9.17, 15) is 0 Å². The lowest BCUT2D eigenvalue weighted by Crippen LogP contribution is -2.14. The van der Waals surface area contributed by atoms with Crippen molar-refractivity contribution in [2.24, 2.45) is 5.10 Å². The molecule has 1 aromatic carbocycles. The fourth-order valence-corrected chi connectivity index (χ4v) is 2.62. The lowest BCUT2D eigenvalue weighted by molar-refractivity contribution is 0.174. The van der Waals surface area contributed by atoms with Crippen molar-refractivity contribution in [2.75, 3.05) is 12.9 Å². The van der Waals surface area contributed by atoms with E-state index in [1.807, 2.05) is 18.2 Å². The van der Waals surface area contributed by atoms with Gasteiger partial charge in [-0.05, 0) is 5.56 Å². The van der Waals surface area contributed by atoms with Crippen LogP contribution in [0.1, 0.15) is 11.4 Å². The van der Waals surface area contributed by atoms with E-state index in [2.05, 4.69) is 27.4 Å². The second-order valence-corrected chi connectivity index (χ2v) is 4.79. The fraction of sp³-hybridized carbons (Fsp3) is 0.250. The molecule has 0 bridgehead atoms. The zero-order valence-corrected chi connectivity index (χ0v) is 10.7. The minimum absolute atomic E-state index is 0.416. The van der Waals surface area contributed by atoms with Gasteiger partial charge in [0.1, 0.15) is 6.61 Å². The Kier molecular flexibility index (Phi) is 3.12. The van der Waals surface area contributed by atoms with Gasteiger partial charge in [-0.3, -0.25) is 0 Å². The van der Waals surface area contributed by atoms with E-state index >= 15 is 0 Å². The zero-order chi connectivity index (χ0) is 12.4. The summed E-state index contributed by atoms with van der Waals surface area (Å²) < 4.78 is 6.86. The molecule has 0 radical (unpaired) electrons. The molecule has 92 valence electrons. The largest absolute Gasteiger partial charge is 0.377 e. The number of fused-ring (bicyclic) bond motifs is 1. The molecule has 5 nitrogen and oxygen atoms in total. The van der Waals surface area contributed by atoms with Crippen molar-refractivity contribution in [3.05, 3.63) is 41.7 Å². The van der Waals surface area contributed by atoms with Crippen LogP contribution < -0.4 is 0 Å². The van der Waals surface area contributed by atoms with Gasteiger partial charge in [0.15, 0.2) is 5.82 Å². The van der Waals surface area contributed by atoms with Crippen molar-refractivity contribution in [1.82, 2.24) is 14.9 Å². The lowest BCUT2D eigenvalue weighted by atomic mass is 10.1. The number of nitrogens with zero attached hydrogens (tertiary/aromatic N) is 4. The van der Waals surface area contributed by atoms with E-state index in [-0.39, 0.29) is 0 Å². The molecule has 0 N–H and O–H groups in total. The molecule has 2 aromatic rings. The summed E-state index contributed by atoms with van der Waals surface area (Å²) in [7, 11) is 1.64. The fourth-order valence-electron chi connectivity index (χ4n) is 1.76. The molecule has 0 amide bonds. The Balaban J connectivity index is 2.00. The summed E-state index contributed by atoms with van der Waals surface area (Å²) in [5.41, 5.74) is 2.16. The zero-order valence-electron chi connectivity index (χ0n) is 9.91. The van der Waals surface area contributed by atoms with Crippen molar-refractivity contribution < 1.29 is 4.74 Å². The van der Waals surface area contributed by atoms with Crippen molar-refractivity contribution in [2.45, 2.75) is 11.8 Å². The van der Waals surface area contributed by atoms with E-state index < -0.39 is 0 Å². The second-order valence-electron chi connectivity index (χ2n) is 3.85. The number of benzene rings is 1. The van der Waals surface area contributed by atoms with Crippen LogP contribution in [0.25, 0.3) is 0 Å². The number of methoxy groups -OCH3 is 1. The van der Waals surface area contributed by atoms with Crippen LogP contribution in [0.5, 0.6) is 0 Å². The Hall–Kier alpha value is -1.66. The van der Waals surface area contributed by atoms with E-state index in [0.29, 0.717) is 6.61 Å². The van der Waals surface area contributed by atoms with Crippen molar-refractivity contribution in [1.29, 1.82) is 0 Å². The molecule has 6 heteroatoms. The van der Waals surface area contributed by atoms with Gasteiger partial charge in [-0.1, -0.05) is 42.1 Å². The van der Waals surface area contributed by atoms with Gasteiger partial charge in [0.25, 0.3) is 0 Å². The van der Waals surface area contributed by atoms with Gasteiger partial charge in [0, 0.05) is 12.9 Å². The Morgan fingerprint density at radius 3 is 2.89 bits per heavy atom. The molecule has 2 heterocycles. The standard InChI is InChI=1S/C12H12N4OS/c1-17-7-11-13-14-12-16(11)15-10(8-18-12)9-5-3-2-4-6-9/h2-6H,7-8H2,1H3. The monoisotopic (exact) mass is 260 g/mol. The first kappa shape index (κ1) is 11.4. The molecule has 0 atom stereocenters. The summed E-state index contributed by atoms with van der Waals surface area (Å²) in [4.78, 5) is 0. The topological polar surface area (TPSA) is 52.3 Å². The Morgan fingerprint density at radius 2 is 2.11 bits per heavy atom. The number of hydrogen-bond acceptors (Lipinski definition) is 5. The van der Waals surface area contributed by atoms with Crippen LogP contribution in [0.3, 0.4) is 0 Å². The highest BCUT2D eigenvalue weighted by atomic mass is 32.2. The molecule has 1 aliphatic rings. The van der Waals surface area contributed by atoms with Gasteiger partial charge in [-0.15, -0.1) is 10.2 Å². The minimum Gasteiger partial charge on any atom is -0.377 e. The lowest BCUT2D eigenvalue weighted by Gasteiger charge is -2.13. The van der Waals surface area contributed by atoms with Crippen LogP contribution in [0.4, 0.5) is 0 Å². The Bertz CT molecular complexity index is 579. The van der Waals surface area contributed by atoms with Gasteiger partial charge in [0.2, 0.25) is 5.16 Å². The van der Waals surface area contributed by atoms with Gasteiger partial charge in [0.05, 0.1) is 5.71 Å². The van der Waals surface area contributed by atoms with Gasteiger partial charge in [-0.25, -0.2) is 0 Å². The summed E-state index contributed by atoms with van der Waals surface area (Å²) in [5.74, 6) is 1.54. The maximum Gasteiger partial charge on any atom is 0.212 e. The predicted octanol–water partition coefficient (Wildman–Crippen LogP) is 1.78. The van der Waals surface area contributed by atoms with Crippen LogP contribution in [0, 0.1) is 0 Å². The molecule has 0 fully saturated rings. The summed E-state index contributed by atoms with van der Waals surface area (Å²) in [5, 5.41) is 13.6. The first-order valence-electron chi connectivity index (χ1n) is 5.58. The molecule has 0 unspecified atom stereocenters. The summed E-state index contributed by atoms with van der Waals surface area (Å²) in [6, 6.07) is 10.1. The number of ether oxygens (including phenoxy) is 1. The Morgan fingerprint density at radius 1 is 1.28 bits per heavy atom. The molecule has 1 aliphatic heterocycles. The maximum atomic E-state index is 5.09. The van der Waals surface area contributed by atoms with Gasteiger partial charge in [-0.2, -0.15) is 9.78 Å². The molecule has 18 heavy (non-hydrogen) atoms. The first-order valence-corrected chi connectivity index (χ1v) is 6.56. The smallest absolute Gasteiger partial charge is 0.212 e. The molecular formula is C12H12N4OS. The SMILES string of the molecule is COCc1nnc2n1N=C(c1ccccc1)CS2. The normalized spacial score (nSPS) is 14.2. The van der Waals surface area contributed by atoms with Crippen LogP contribution in [-0.2, 0) is 11.3 Å². The average Bonchev–Trinajstić information content (AvgIpc) is 2.83. The van der Waals surface area contributed by atoms with Gasteiger partial charge >= 0.3 is 0 Å². The van der Waals surface area contributed by atoms with Crippen molar-refractivity contribution in [3.8, 4) is 0 Å². The number of rotatable bonds is 3. The average molecular weight is 260 g/mol. The quantitative estimate of drug-likeness (QED) is 0.844. The van der Waals surface area contributed by atoms with Crippen LogP contribution in [0.15, 0.2) is 40.6 Å². The molecule has 0 saturated heterocycles. The van der Waals surface area contributed by atoms with E-state index in [0.717, 1.165) is 28.0 Å². The summed E-state index contributed by atoms with van der Waals surface area (Å²) >= 11 is 1.64. The van der Waals surface area contributed by atoms with Crippen LogP contribution in [-0.4, -0.2) is 33.4 Å². The highest BCUT2D eigenvalue weighted by Crippen LogP contribution is 2.24. The van der Waals surface area contributed by atoms with Crippen molar-refractivity contribution in [3.63, 3.8) is 0 Å². The highest BCUT2D eigenvalue weighted by Gasteiger charge is 2.19. The number of thioether (sulfide) groups is 1. The summed E-state index contributed by atoms with van der Waals surface area (Å²) in [6.07, 6.45) is 0. The third-order valence-corrected chi connectivity index (χ3v) is 3.55. The molecule has 0 saturated carbocycles.